The Morgan fingerprint density at radius 1 is 0.930 bits per heavy atom. The number of nitrogens with one attached hydrogen (secondary N) is 1. The molecule has 0 saturated heterocycles. The number of halogens is 2. The molecule has 0 saturated carbocycles. The van der Waals surface area contributed by atoms with Crippen LogP contribution in [0, 0.1) is 0 Å². The van der Waals surface area contributed by atoms with Crippen molar-refractivity contribution in [3.8, 4) is 11.5 Å². The van der Waals surface area contributed by atoms with Gasteiger partial charge >= 0.3 is 0 Å². The minimum absolute atomic E-state index is 0.0688. The van der Waals surface area contributed by atoms with E-state index in [1.54, 1.807) is 7.11 Å². The number of nitrogens with zero attached hydrogens (tertiary/aromatic N) is 1. The number of methoxy groups -OCH3 is 1. The quantitative estimate of drug-likeness (QED) is 0.158. The molecule has 222 valence electrons. The van der Waals surface area contributed by atoms with Crippen molar-refractivity contribution in [2.24, 2.45) is 4.99 Å². The van der Waals surface area contributed by atoms with Crippen molar-refractivity contribution >= 4 is 43.7 Å². The van der Waals surface area contributed by atoms with Gasteiger partial charge in [0.05, 0.1) is 13.7 Å². The molecule has 0 unspecified atom stereocenters. The van der Waals surface area contributed by atoms with E-state index in [-0.39, 0.29) is 12.5 Å². The van der Waals surface area contributed by atoms with E-state index in [0.29, 0.717) is 37.6 Å². The molecule has 0 bridgehead atoms. The Labute approximate surface area is 268 Å². The average Bonchev–Trinajstić information content (AvgIpc) is 3.42. The highest BCUT2D eigenvalue weighted by atomic mass is 79.9. The van der Waals surface area contributed by atoms with Crippen LogP contribution in [0.1, 0.15) is 34.8 Å². The molecule has 4 aromatic rings. The molecule has 2 atom stereocenters. The number of rotatable bonds is 12. The number of aliphatic hydroxyl groups is 1. The predicted molar refractivity (Wildman–Crippen MR) is 174 cm³/mol. The fourth-order valence-corrected chi connectivity index (χ4v) is 5.88. The summed E-state index contributed by atoms with van der Waals surface area (Å²) < 4.78 is 19.3. The molecule has 0 spiro atoms. The topological polar surface area (TPSA) is 89.4 Å². The smallest absolute Gasteiger partial charge is 0.252 e. The van der Waals surface area contributed by atoms with Crippen molar-refractivity contribution in [3.05, 3.63) is 128 Å². The maximum atomic E-state index is 14.5. The molecule has 2 N–H and O–H groups in total. The molecular weight excluding hydrogens is 676 g/mol. The number of hydrogen-bond donors (Lipinski definition) is 2. The Morgan fingerprint density at radius 3 is 2.28 bits per heavy atom. The number of ether oxygens (including phenoxy) is 3. The zero-order valence-electron chi connectivity index (χ0n) is 23.6. The number of carbonyl (C=O) groups is 1. The predicted octanol–water partition coefficient (Wildman–Crippen LogP) is 6.80. The summed E-state index contributed by atoms with van der Waals surface area (Å²) in [6.45, 7) is 0.800. The van der Waals surface area contributed by atoms with Crippen LogP contribution in [0.15, 0.2) is 111 Å². The van der Waals surface area contributed by atoms with Crippen molar-refractivity contribution in [3.63, 3.8) is 0 Å². The van der Waals surface area contributed by atoms with Crippen LogP contribution in [-0.4, -0.2) is 42.8 Å². The lowest BCUT2D eigenvalue weighted by Gasteiger charge is -2.31. The standard InChI is InChI=1S/C34H32Br2N2O5/c1-41-26-15-11-23(12-16-26)22-37-33(40)34(21-25-7-2-4-9-29(25)35)31(28-8-3-5-10-30(28)36)43-32(38-34)24-13-17-27(18-14-24)42-20-6-19-39/h2-5,7-18,31,39H,6,19-22H2,1H3,(H,37,40)/t31-,34-/m1/s1. The Morgan fingerprint density at radius 2 is 1.60 bits per heavy atom. The number of aliphatic imine (C=N–C) groups is 1. The van der Waals surface area contributed by atoms with Crippen LogP contribution < -0.4 is 14.8 Å². The number of carbonyl (C=O) groups excluding carboxylic acids is 1. The van der Waals surface area contributed by atoms with Crippen LogP contribution >= 0.6 is 31.9 Å². The summed E-state index contributed by atoms with van der Waals surface area (Å²) in [5, 5.41) is 12.2. The van der Waals surface area contributed by atoms with Gasteiger partial charge in [0.1, 0.15) is 11.5 Å². The third-order valence-corrected chi connectivity index (χ3v) is 8.74. The lowest BCUT2D eigenvalue weighted by molar-refractivity contribution is -0.129. The third-order valence-electron chi connectivity index (χ3n) is 7.25. The van der Waals surface area contributed by atoms with Gasteiger partial charge in [0.15, 0.2) is 11.6 Å². The van der Waals surface area contributed by atoms with Gasteiger partial charge < -0.3 is 24.6 Å². The van der Waals surface area contributed by atoms with E-state index in [9.17, 15) is 4.79 Å². The van der Waals surface area contributed by atoms with Gasteiger partial charge in [-0.2, -0.15) is 0 Å². The Hall–Kier alpha value is -3.66. The van der Waals surface area contributed by atoms with E-state index >= 15 is 0 Å². The Bertz CT molecular complexity index is 1580. The third kappa shape index (κ3) is 7.12. The normalized spacial score (nSPS) is 17.6. The molecule has 9 heteroatoms. The van der Waals surface area contributed by atoms with Gasteiger partial charge in [-0.15, -0.1) is 0 Å². The van der Waals surface area contributed by atoms with E-state index in [4.69, 9.17) is 24.3 Å². The van der Waals surface area contributed by atoms with Crippen LogP contribution in [0.2, 0.25) is 0 Å². The van der Waals surface area contributed by atoms with Crippen LogP contribution in [0.3, 0.4) is 0 Å². The Balaban J connectivity index is 1.55. The van der Waals surface area contributed by atoms with Crippen molar-refractivity contribution in [2.45, 2.75) is 31.0 Å². The summed E-state index contributed by atoms with van der Waals surface area (Å²) in [5.74, 6) is 1.54. The van der Waals surface area contributed by atoms with Gasteiger partial charge in [0.2, 0.25) is 5.90 Å². The molecule has 0 radical (unpaired) electrons. The molecule has 0 aliphatic carbocycles. The molecule has 1 aliphatic rings. The van der Waals surface area contributed by atoms with E-state index in [2.05, 4.69) is 37.2 Å². The van der Waals surface area contributed by atoms with Crippen LogP contribution in [0.25, 0.3) is 0 Å². The summed E-state index contributed by atoms with van der Waals surface area (Å²) >= 11 is 7.37. The first-order valence-electron chi connectivity index (χ1n) is 13.9. The van der Waals surface area contributed by atoms with Crippen molar-refractivity contribution < 1.29 is 24.1 Å². The van der Waals surface area contributed by atoms with E-state index in [0.717, 1.165) is 36.9 Å². The molecule has 1 aliphatic heterocycles. The van der Waals surface area contributed by atoms with Crippen LogP contribution in [0.4, 0.5) is 0 Å². The van der Waals surface area contributed by atoms with Gasteiger partial charge in [0.25, 0.3) is 5.91 Å². The molecule has 7 nitrogen and oxygen atoms in total. The second kappa shape index (κ2) is 14.2. The monoisotopic (exact) mass is 706 g/mol. The zero-order chi connectivity index (χ0) is 30.2. The zero-order valence-corrected chi connectivity index (χ0v) is 26.8. The van der Waals surface area contributed by atoms with Crippen molar-refractivity contribution in [1.29, 1.82) is 0 Å². The second-order valence-corrected chi connectivity index (χ2v) is 11.8. The second-order valence-electron chi connectivity index (χ2n) is 10.1. The lowest BCUT2D eigenvalue weighted by Crippen LogP contribution is -2.49. The van der Waals surface area contributed by atoms with E-state index < -0.39 is 11.6 Å². The molecule has 0 fully saturated rings. The minimum Gasteiger partial charge on any atom is -0.497 e. The first kappa shape index (κ1) is 30.8. The summed E-state index contributed by atoms with van der Waals surface area (Å²) in [4.78, 5) is 19.6. The van der Waals surface area contributed by atoms with E-state index in [1.165, 1.54) is 0 Å². The Kier molecular flexibility index (Phi) is 10.2. The van der Waals surface area contributed by atoms with Crippen LogP contribution in [-0.2, 0) is 22.5 Å². The summed E-state index contributed by atoms with van der Waals surface area (Å²) in [5.41, 5.74) is 2.08. The molecular formula is C34H32Br2N2O5. The lowest BCUT2D eigenvalue weighted by atomic mass is 9.82. The van der Waals surface area contributed by atoms with E-state index in [1.807, 2.05) is 97.1 Å². The highest BCUT2D eigenvalue weighted by molar-refractivity contribution is 9.10. The fourth-order valence-electron chi connectivity index (χ4n) is 4.96. The van der Waals surface area contributed by atoms with Gasteiger partial charge in [-0.25, -0.2) is 4.99 Å². The summed E-state index contributed by atoms with van der Waals surface area (Å²) in [6.07, 6.45) is 0.122. The summed E-state index contributed by atoms with van der Waals surface area (Å²) in [7, 11) is 1.62. The molecule has 0 aromatic heterocycles. The van der Waals surface area contributed by atoms with Crippen molar-refractivity contribution in [1.82, 2.24) is 5.32 Å². The van der Waals surface area contributed by atoms with Gasteiger partial charge in [-0.3, -0.25) is 4.79 Å². The first-order valence-corrected chi connectivity index (χ1v) is 15.5. The highest BCUT2D eigenvalue weighted by Crippen LogP contribution is 2.45. The highest BCUT2D eigenvalue weighted by Gasteiger charge is 2.54. The fraction of sp³-hybridized carbons (Fsp3) is 0.235. The maximum Gasteiger partial charge on any atom is 0.252 e. The maximum absolute atomic E-state index is 14.5. The molecule has 43 heavy (non-hydrogen) atoms. The molecule has 1 amide bonds. The number of aliphatic hydroxyl groups excluding tert-OH is 1. The average molecular weight is 708 g/mol. The minimum atomic E-state index is -1.33. The van der Waals surface area contributed by atoms with Crippen LogP contribution in [0.5, 0.6) is 11.5 Å². The number of amides is 1. The first-order chi connectivity index (χ1) is 20.9. The number of hydrogen-bond acceptors (Lipinski definition) is 6. The van der Waals surface area contributed by atoms with Gasteiger partial charge in [-0.05, 0) is 59.7 Å². The SMILES string of the molecule is COc1ccc(CNC(=O)[C@]2(Cc3ccccc3Br)N=C(c3ccc(OCCCO)cc3)O[C@@H]2c2ccccc2Br)cc1. The van der Waals surface area contributed by atoms with Gasteiger partial charge in [0, 0.05) is 46.1 Å². The molecule has 4 aromatic carbocycles. The molecule has 1 heterocycles. The molecule has 5 rings (SSSR count). The van der Waals surface area contributed by atoms with Crippen molar-refractivity contribution in [2.75, 3.05) is 20.3 Å². The van der Waals surface area contributed by atoms with Gasteiger partial charge in [-0.1, -0.05) is 80.4 Å². The largest absolute Gasteiger partial charge is 0.497 e. The number of benzene rings is 4. The summed E-state index contributed by atoms with van der Waals surface area (Å²) in [6, 6.07) is 30.6.